The van der Waals surface area contributed by atoms with Gasteiger partial charge in [-0.15, -0.1) is 0 Å². The van der Waals surface area contributed by atoms with Crippen molar-refractivity contribution in [1.29, 1.82) is 0 Å². The molecule has 0 amide bonds. The first-order chi connectivity index (χ1) is 24.8. The quantitative estimate of drug-likeness (QED) is 0.0273. The van der Waals surface area contributed by atoms with Crippen molar-refractivity contribution in [2.24, 2.45) is 5.73 Å². The van der Waals surface area contributed by atoms with E-state index in [9.17, 15) is 19.0 Å². The number of hydrogen-bond acceptors (Lipinski definition) is 8. The van der Waals surface area contributed by atoms with Crippen LogP contribution in [-0.4, -0.2) is 49.3 Å². The lowest BCUT2D eigenvalue weighted by Crippen LogP contribution is -2.29. The number of ether oxygens (including phenoxy) is 2. The third-order valence-electron chi connectivity index (χ3n) is 8.84. The Hall–Kier alpha value is -1.51. The zero-order valence-corrected chi connectivity index (χ0v) is 33.7. The molecule has 0 aliphatic rings. The van der Waals surface area contributed by atoms with E-state index in [1.54, 1.807) is 0 Å². The zero-order chi connectivity index (χ0) is 37.5. The van der Waals surface area contributed by atoms with E-state index in [-0.39, 0.29) is 32.6 Å². The Bertz CT molecular complexity index is 897. The van der Waals surface area contributed by atoms with E-state index in [4.69, 9.17) is 24.3 Å². The van der Waals surface area contributed by atoms with Gasteiger partial charge in [0.2, 0.25) is 0 Å². The maximum Gasteiger partial charge on any atom is 0.472 e. The number of carbonyl (C=O) groups is 2. The molecule has 0 aromatic carbocycles. The van der Waals surface area contributed by atoms with Gasteiger partial charge in [-0.05, 0) is 44.9 Å². The van der Waals surface area contributed by atoms with E-state index in [1.807, 2.05) is 0 Å². The van der Waals surface area contributed by atoms with Gasteiger partial charge in [-0.2, -0.15) is 0 Å². The van der Waals surface area contributed by atoms with Crippen molar-refractivity contribution in [3.05, 3.63) is 24.3 Å². The molecule has 0 aliphatic heterocycles. The largest absolute Gasteiger partial charge is 0.472 e. The Morgan fingerprint density at radius 2 is 1.02 bits per heavy atom. The molecule has 0 bridgehead atoms. The van der Waals surface area contributed by atoms with Gasteiger partial charge in [0, 0.05) is 19.4 Å². The topological polar surface area (TPSA) is 134 Å². The number of esters is 2. The molecule has 0 saturated carbocycles. The highest BCUT2D eigenvalue weighted by atomic mass is 31.2. The summed E-state index contributed by atoms with van der Waals surface area (Å²) in [4.78, 5) is 34.8. The van der Waals surface area contributed by atoms with E-state index in [0.29, 0.717) is 6.42 Å². The molecular weight excluding hydrogens is 665 g/mol. The minimum Gasteiger partial charge on any atom is -0.462 e. The zero-order valence-electron chi connectivity index (χ0n) is 32.8. The second kappa shape index (κ2) is 38.2. The molecule has 2 atom stereocenters. The summed E-state index contributed by atoms with van der Waals surface area (Å²) < 4.78 is 32.7. The molecule has 0 rings (SSSR count). The van der Waals surface area contributed by atoms with Crippen molar-refractivity contribution in [1.82, 2.24) is 0 Å². The number of hydrogen-bond donors (Lipinski definition) is 2. The highest BCUT2D eigenvalue weighted by Gasteiger charge is 2.26. The summed E-state index contributed by atoms with van der Waals surface area (Å²) in [6.07, 6.45) is 39.1. The Labute approximate surface area is 312 Å². The molecule has 0 fully saturated rings. The molecule has 0 aromatic rings. The van der Waals surface area contributed by atoms with E-state index >= 15 is 0 Å². The molecule has 0 spiro atoms. The lowest BCUT2D eigenvalue weighted by atomic mass is 10.0. The molecule has 0 saturated heterocycles. The van der Waals surface area contributed by atoms with Crippen LogP contribution in [0.15, 0.2) is 24.3 Å². The fourth-order valence-electron chi connectivity index (χ4n) is 5.72. The van der Waals surface area contributed by atoms with Crippen molar-refractivity contribution < 1.29 is 37.6 Å². The van der Waals surface area contributed by atoms with Gasteiger partial charge in [0.1, 0.15) is 6.61 Å². The molecule has 10 heteroatoms. The summed E-state index contributed by atoms with van der Waals surface area (Å²) in [5.74, 6) is -0.839. The minimum atomic E-state index is -4.37. The standard InChI is InChI=1S/C41H78NO8P/c1-3-5-7-9-11-13-15-17-19-21-23-25-27-29-31-33-40(43)47-37-39(38-49-51(45,46)48-36-35-42)50-41(44)34-32-30-28-26-24-22-20-18-16-14-12-10-8-6-4-2/h11,13,17,19,39H,3-10,12,14-16,18,20-38,42H2,1-2H3,(H,45,46)/b13-11+,19-17+/t39-/m1/s1. The van der Waals surface area contributed by atoms with Gasteiger partial charge in [-0.3, -0.25) is 18.6 Å². The van der Waals surface area contributed by atoms with Crippen LogP contribution in [-0.2, 0) is 32.7 Å². The monoisotopic (exact) mass is 744 g/mol. The Kier molecular flexibility index (Phi) is 37.1. The number of unbranched alkanes of at least 4 members (excludes halogenated alkanes) is 22. The lowest BCUT2D eigenvalue weighted by Gasteiger charge is -2.19. The van der Waals surface area contributed by atoms with Gasteiger partial charge in [0.05, 0.1) is 13.2 Å². The van der Waals surface area contributed by atoms with Crippen LogP contribution < -0.4 is 5.73 Å². The first-order valence-electron chi connectivity index (χ1n) is 20.8. The Morgan fingerprint density at radius 1 is 0.588 bits per heavy atom. The Morgan fingerprint density at radius 3 is 1.53 bits per heavy atom. The minimum absolute atomic E-state index is 0.0529. The average molecular weight is 744 g/mol. The molecule has 1 unspecified atom stereocenters. The molecule has 0 heterocycles. The fraction of sp³-hybridized carbons (Fsp3) is 0.854. The lowest BCUT2D eigenvalue weighted by molar-refractivity contribution is -0.161. The fourth-order valence-corrected chi connectivity index (χ4v) is 6.49. The summed E-state index contributed by atoms with van der Waals surface area (Å²) in [5, 5.41) is 0. The first kappa shape index (κ1) is 49.5. The first-order valence-corrected chi connectivity index (χ1v) is 22.3. The number of phosphoric acid groups is 1. The van der Waals surface area contributed by atoms with Gasteiger partial charge < -0.3 is 20.1 Å². The van der Waals surface area contributed by atoms with Crippen molar-refractivity contribution >= 4 is 19.8 Å². The van der Waals surface area contributed by atoms with E-state index in [0.717, 1.165) is 57.8 Å². The van der Waals surface area contributed by atoms with E-state index in [2.05, 4.69) is 38.2 Å². The summed E-state index contributed by atoms with van der Waals surface area (Å²) in [6.45, 7) is 3.70. The predicted octanol–water partition coefficient (Wildman–Crippen LogP) is 11.6. The molecular formula is C41H78NO8P. The summed E-state index contributed by atoms with van der Waals surface area (Å²) >= 11 is 0. The molecule has 300 valence electrons. The van der Waals surface area contributed by atoms with Gasteiger partial charge in [-0.1, -0.05) is 160 Å². The second-order valence-corrected chi connectivity index (χ2v) is 15.3. The van der Waals surface area contributed by atoms with Crippen LogP contribution in [0.5, 0.6) is 0 Å². The third-order valence-corrected chi connectivity index (χ3v) is 9.82. The van der Waals surface area contributed by atoms with Gasteiger partial charge in [0.15, 0.2) is 6.10 Å². The highest BCUT2D eigenvalue weighted by Crippen LogP contribution is 2.43. The smallest absolute Gasteiger partial charge is 0.462 e. The molecule has 0 radical (unpaired) electrons. The number of phosphoric ester groups is 1. The van der Waals surface area contributed by atoms with Crippen molar-refractivity contribution in [3.63, 3.8) is 0 Å². The van der Waals surface area contributed by atoms with Gasteiger partial charge in [0.25, 0.3) is 0 Å². The average Bonchev–Trinajstić information content (AvgIpc) is 3.11. The van der Waals surface area contributed by atoms with Crippen LogP contribution in [0.25, 0.3) is 0 Å². The Balaban J connectivity index is 4.18. The molecule has 9 nitrogen and oxygen atoms in total. The van der Waals surface area contributed by atoms with Crippen LogP contribution in [0.4, 0.5) is 0 Å². The highest BCUT2D eigenvalue weighted by molar-refractivity contribution is 7.47. The third kappa shape index (κ3) is 38.0. The molecule has 3 N–H and O–H groups in total. The molecule has 0 aliphatic carbocycles. The number of allylic oxidation sites excluding steroid dienone is 4. The van der Waals surface area contributed by atoms with E-state index < -0.39 is 32.5 Å². The van der Waals surface area contributed by atoms with Gasteiger partial charge in [-0.25, -0.2) is 4.57 Å². The predicted molar refractivity (Wildman–Crippen MR) is 211 cm³/mol. The summed E-state index contributed by atoms with van der Waals surface area (Å²) in [6, 6.07) is 0. The van der Waals surface area contributed by atoms with Crippen molar-refractivity contribution in [2.75, 3.05) is 26.4 Å². The summed E-state index contributed by atoms with van der Waals surface area (Å²) in [5.41, 5.74) is 5.34. The van der Waals surface area contributed by atoms with Crippen LogP contribution >= 0.6 is 7.82 Å². The normalized spacial score (nSPS) is 13.6. The van der Waals surface area contributed by atoms with Crippen LogP contribution in [0, 0.1) is 0 Å². The second-order valence-electron chi connectivity index (χ2n) is 13.9. The van der Waals surface area contributed by atoms with Crippen LogP contribution in [0.1, 0.15) is 194 Å². The SMILES string of the molecule is CCCCC/C=C/C/C=C/CCCCCCCC(=O)OC[C@H](COP(=O)(O)OCCN)OC(=O)CCCCCCCCCCCCCCCCC. The van der Waals surface area contributed by atoms with Gasteiger partial charge >= 0.3 is 19.8 Å². The number of nitrogens with two attached hydrogens (primary N) is 1. The van der Waals surface area contributed by atoms with Crippen LogP contribution in [0.3, 0.4) is 0 Å². The maximum absolute atomic E-state index is 12.6. The van der Waals surface area contributed by atoms with Crippen LogP contribution in [0.2, 0.25) is 0 Å². The molecule has 51 heavy (non-hydrogen) atoms. The molecule has 0 aromatic heterocycles. The number of rotatable bonds is 39. The number of carbonyl (C=O) groups excluding carboxylic acids is 2. The summed E-state index contributed by atoms with van der Waals surface area (Å²) in [7, 11) is -4.37. The van der Waals surface area contributed by atoms with Crippen molar-refractivity contribution in [3.8, 4) is 0 Å². The van der Waals surface area contributed by atoms with E-state index in [1.165, 1.54) is 103 Å². The van der Waals surface area contributed by atoms with Crippen molar-refractivity contribution in [2.45, 2.75) is 200 Å². The maximum atomic E-state index is 12.6.